The normalized spacial score (nSPS) is 14.9. The van der Waals surface area contributed by atoms with Gasteiger partial charge >= 0.3 is 0 Å². The Morgan fingerprint density at radius 1 is 1.09 bits per heavy atom. The van der Waals surface area contributed by atoms with Gasteiger partial charge in [0.1, 0.15) is 28.2 Å². The molecule has 1 saturated heterocycles. The van der Waals surface area contributed by atoms with Crippen molar-refractivity contribution in [1.82, 2.24) is 9.80 Å². The fourth-order valence-corrected chi connectivity index (χ4v) is 4.37. The molecular weight excluding hydrogens is 448 g/mol. The zero-order valence-corrected chi connectivity index (χ0v) is 20.6. The zero-order chi connectivity index (χ0) is 25.3. The van der Waals surface area contributed by atoms with Crippen molar-refractivity contribution in [2.24, 2.45) is 0 Å². The van der Waals surface area contributed by atoms with Crippen LogP contribution in [-0.2, 0) is 13.0 Å². The molecule has 0 saturated carbocycles. The molecule has 2 heterocycles. The molecule has 1 aliphatic rings. The third kappa shape index (κ3) is 4.99. The van der Waals surface area contributed by atoms with Crippen LogP contribution in [-0.4, -0.2) is 65.5 Å². The predicted molar refractivity (Wildman–Crippen MR) is 135 cm³/mol. The van der Waals surface area contributed by atoms with Gasteiger partial charge in [-0.25, -0.2) is 0 Å². The van der Waals surface area contributed by atoms with Crippen molar-refractivity contribution in [3.05, 3.63) is 57.3 Å². The molecule has 186 valence electrons. The Hall–Kier alpha value is -3.49. The van der Waals surface area contributed by atoms with Crippen molar-refractivity contribution >= 4 is 11.0 Å². The van der Waals surface area contributed by atoms with Crippen LogP contribution in [0.3, 0.4) is 0 Å². The number of aromatic hydroxyl groups is 3. The van der Waals surface area contributed by atoms with E-state index in [1.807, 2.05) is 26.0 Å². The molecule has 1 aliphatic heterocycles. The number of piperazine rings is 1. The molecule has 0 radical (unpaired) electrons. The van der Waals surface area contributed by atoms with E-state index < -0.39 is 16.9 Å². The molecule has 8 heteroatoms. The van der Waals surface area contributed by atoms with E-state index in [-0.39, 0.29) is 22.5 Å². The molecule has 3 N–H and O–H groups in total. The highest BCUT2D eigenvalue weighted by atomic mass is 16.5. The van der Waals surface area contributed by atoms with E-state index >= 15 is 0 Å². The van der Waals surface area contributed by atoms with E-state index in [1.165, 1.54) is 0 Å². The average Bonchev–Trinajstić information content (AvgIpc) is 2.82. The van der Waals surface area contributed by atoms with Gasteiger partial charge in [0, 0.05) is 55.5 Å². The number of hydrogen-bond acceptors (Lipinski definition) is 8. The Labute approximate surface area is 204 Å². The van der Waals surface area contributed by atoms with Crippen molar-refractivity contribution in [3.8, 4) is 34.3 Å². The number of phenols is 2. The summed E-state index contributed by atoms with van der Waals surface area (Å²) in [6, 6.07) is 6.45. The number of likely N-dealkylation sites (N-methyl/N-ethyl adjacent to an activating group) is 1. The van der Waals surface area contributed by atoms with Crippen LogP contribution < -0.4 is 10.2 Å². The number of fused-ring (bicyclic) bond motifs is 1. The minimum Gasteiger partial charge on any atom is -0.507 e. The molecule has 35 heavy (non-hydrogen) atoms. The van der Waals surface area contributed by atoms with Gasteiger partial charge in [0.2, 0.25) is 11.2 Å². The third-order valence-corrected chi connectivity index (χ3v) is 6.45. The van der Waals surface area contributed by atoms with Crippen molar-refractivity contribution in [2.45, 2.75) is 26.8 Å². The van der Waals surface area contributed by atoms with Crippen LogP contribution in [0.25, 0.3) is 22.3 Å². The summed E-state index contributed by atoms with van der Waals surface area (Å²) in [6.07, 6.45) is 2.19. The van der Waals surface area contributed by atoms with Crippen LogP contribution in [0.15, 0.2) is 45.1 Å². The number of ether oxygens (including phenoxy) is 1. The highest BCUT2D eigenvalue weighted by Gasteiger charge is 2.23. The monoisotopic (exact) mass is 480 g/mol. The Balaban J connectivity index is 1.85. The van der Waals surface area contributed by atoms with Gasteiger partial charge in [-0.2, -0.15) is 0 Å². The van der Waals surface area contributed by atoms with Gasteiger partial charge in [0.15, 0.2) is 5.76 Å². The molecule has 0 aliphatic carbocycles. The molecule has 2 aromatic carbocycles. The first-order valence-electron chi connectivity index (χ1n) is 11.6. The first-order chi connectivity index (χ1) is 16.7. The summed E-state index contributed by atoms with van der Waals surface area (Å²) in [5.41, 5.74) is 2.09. The fourth-order valence-electron chi connectivity index (χ4n) is 4.37. The first kappa shape index (κ1) is 24.6. The number of nitrogens with zero attached hydrogens (tertiary/aromatic N) is 2. The van der Waals surface area contributed by atoms with Gasteiger partial charge in [0.25, 0.3) is 0 Å². The highest BCUT2D eigenvalue weighted by Crippen LogP contribution is 2.39. The summed E-state index contributed by atoms with van der Waals surface area (Å²) < 4.78 is 11.6. The molecule has 3 aromatic rings. The van der Waals surface area contributed by atoms with Crippen molar-refractivity contribution < 1.29 is 24.5 Å². The minimum absolute atomic E-state index is 0.0202. The molecule has 8 nitrogen and oxygen atoms in total. The summed E-state index contributed by atoms with van der Waals surface area (Å²) in [7, 11) is 3.71. The van der Waals surface area contributed by atoms with Crippen molar-refractivity contribution in [3.63, 3.8) is 0 Å². The SMILES string of the molecule is COc1ccc(-c2oc3c(CC=C(C)C)c(O)cc(O)c3c(=O)c2O)cc1CN1CCN(C)CC1. The van der Waals surface area contributed by atoms with Crippen molar-refractivity contribution in [1.29, 1.82) is 0 Å². The van der Waals surface area contributed by atoms with Gasteiger partial charge in [0.05, 0.1) is 7.11 Å². The smallest absolute Gasteiger partial charge is 0.238 e. The van der Waals surface area contributed by atoms with E-state index in [4.69, 9.17) is 9.15 Å². The van der Waals surface area contributed by atoms with E-state index in [2.05, 4.69) is 16.8 Å². The van der Waals surface area contributed by atoms with Gasteiger partial charge in [-0.1, -0.05) is 11.6 Å². The summed E-state index contributed by atoms with van der Waals surface area (Å²) in [4.78, 5) is 17.7. The van der Waals surface area contributed by atoms with Gasteiger partial charge in [-0.3, -0.25) is 9.69 Å². The van der Waals surface area contributed by atoms with E-state index in [1.54, 1.807) is 19.2 Å². The number of phenolic OH excluding ortho intramolecular Hbond substituents is 2. The number of rotatable bonds is 6. The quantitative estimate of drug-likeness (QED) is 0.457. The standard InChI is InChI=1S/C27H32N2O6/c1-16(2)5-7-19-20(30)14-21(31)23-24(32)25(33)26(35-27(19)23)17-6-8-22(34-4)18(13-17)15-29-11-9-28(3)10-12-29/h5-6,8,13-14,30-31,33H,7,9-12,15H2,1-4H3. The number of benzene rings is 2. The Kier molecular flexibility index (Phi) is 7.05. The average molecular weight is 481 g/mol. The third-order valence-electron chi connectivity index (χ3n) is 6.45. The Morgan fingerprint density at radius 3 is 2.46 bits per heavy atom. The maximum Gasteiger partial charge on any atom is 0.238 e. The van der Waals surface area contributed by atoms with Crippen LogP contribution in [0.2, 0.25) is 0 Å². The van der Waals surface area contributed by atoms with Crippen LogP contribution in [0.1, 0.15) is 25.0 Å². The molecule has 0 amide bonds. The second-order valence-electron chi connectivity index (χ2n) is 9.30. The molecule has 0 bridgehead atoms. The Morgan fingerprint density at radius 2 is 1.80 bits per heavy atom. The van der Waals surface area contributed by atoms with Crippen LogP contribution in [0, 0.1) is 0 Å². The van der Waals surface area contributed by atoms with Gasteiger partial charge < -0.3 is 29.4 Å². The first-order valence-corrected chi connectivity index (χ1v) is 11.6. The second-order valence-corrected chi connectivity index (χ2v) is 9.30. The maximum absolute atomic E-state index is 13.1. The predicted octanol–water partition coefficient (Wildman–Crippen LogP) is 3.84. The maximum atomic E-state index is 13.1. The van der Waals surface area contributed by atoms with Crippen LogP contribution in [0.5, 0.6) is 23.0 Å². The summed E-state index contributed by atoms with van der Waals surface area (Å²) in [5.74, 6) is -0.539. The number of methoxy groups -OCH3 is 1. The highest BCUT2D eigenvalue weighted by molar-refractivity contribution is 5.91. The molecule has 0 spiro atoms. The van der Waals surface area contributed by atoms with E-state index in [0.29, 0.717) is 29.8 Å². The molecule has 1 fully saturated rings. The lowest BCUT2D eigenvalue weighted by atomic mass is 10.0. The topological polar surface area (TPSA) is 107 Å². The largest absolute Gasteiger partial charge is 0.507 e. The van der Waals surface area contributed by atoms with E-state index in [9.17, 15) is 20.1 Å². The molecule has 4 rings (SSSR count). The van der Waals surface area contributed by atoms with Crippen LogP contribution >= 0.6 is 0 Å². The molecule has 0 unspecified atom stereocenters. The number of allylic oxidation sites excluding steroid dienone is 2. The van der Waals surface area contributed by atoms with Gasteiger partial charge in [-0.05, 0) is 45.5 Å². The van der Waals surface area contributed by atoms with E-state index in [0.717, 1.165) is 43.4 Å². The lowest BCUT2D eigenvalue weighted by molar-refractivity contribution is 0.147. The molecular formula is C27H32N2O6. The fraction of sp³-hybridized carbons (Fsp3) is 0.370. The zero-order valence-electron chi connectivity index (χ0n) is 20.6. The Bertz CT molecular complexity index is 1330. The number of hydrogen-bond donors (Lipinski definition) is 3. The lowest BCUT2D eigenvalue weighted by Gasteiger charge is -2.32. The molecule has 1 aromatic heterocycles. The minimum atomic E-state index is -0.756. The van der Waals surface area contributed by atoms with Crippen LogP contribution in [0.4, 0.5) is 0 Å². The summed E-state index contributed by atoms with van der Waals surface area (Å²) in [6.45, 7) is 8.29. The second kappa shape index (κ2) is 10.0. The van der Waals surface area contributed by atoms with Gasteiger partial charge in [-0.15, -0.1) is 0 Å². The van der Waals surface area contributed by atoms with Crippen molar-refractivity contribution in [2.75, 3.05) is 40.3 Å². The summed E-state index contributed by atoms with van der Waals surface area (Å²) in [5, 5.41) is 31.5. The molecule has 0 atom stereocenters. The lowest BCUT2D eigenvalue weighted by Crippen LogP contribution is -2.43. The summed E-state index contributed by atoms with van der Waals surface area (Å²) >= 11 is 0.